The summed E-state index contributed by atoms with van der Waals surface area (Å²) in [6.07, 6.45) is 0.577. The molecule has 0 unspecified atom stereocenters. The monoisotopic (exact) mass is 345 g/mol. The van der Waals surface area contributed by atoms with E-state index in [0.717, 1.165) is 22.8 Å². The van der Waals surface area contributed by atoms with E-state index < -0.39 is 0 Å². The Morgan fingerprint density at radius 3 is 2.70 bits per heavy atom. The van der Waals surface area contributed by atoms with Crippen LogP contribution in [-0.2, 0) is 6.42 Å². The molecule has 0 amide bonds. The van der Waals surface area contributed by atoms with Gasteiger partial charge in [0, 0.05) is 11.4 Å². The van der Waals surface area contributed by atoms with Gasteiger partial charge in [0.2, 0.25) is 0 Å². The number of halogens is 1. The van der Waals surface area contributed by atoms with Gasteiger partial charge in [-0.2, -0.15) is 5.10 Å². The number of nitrogens with one attached hydrogen (secondary N) is 1. The van der Waals surface area contributed by atoms with E-state index >= 15 is 0 Å². The minimum Gasteiger partial charge on any atom is -0.492 e. The van der Waals surface area contributed by atoms with Crippen molar-refractivity contribution in [3.8, 4) is 11.4 Å². The lowest BCUT2D eigenvalue weighted by Crippen LogP contribution is -2.05. The van der Waals surface area contributed by atoms with Gasteiger partial charge in [0.1, 0.15) is 11.6 Å². The van der Waals surface area contributed by atoms with Crippen LogP contribution in [0.25, 0.3) is 5.69 Å². The average Bonchev–Trinajstić information content (AvgIpc) is 2.91. The van der Waals surface area contributed by atoms with E-state index in [1.807, 2.05) is 60.0 Å². The number of ether oxygens (including phenoxy) is 1. The quantitative estimate of drug-likeness (QED) is 0.689. The summed E-state index contributed by atoms with van der Waals surface area (Å²) in [5, 5.41) is 7.94. The van der Waals surface area contributed by atoms with Gasteiger partial charge in [-0.3, -0.25) is 9.67 Å². The van der Waals surface area contributed by atoms with Crippen molar-refractivity contribution in [3.63, 3.8) is 0 Å². The summed E-state index contributed by atoms with van der Waals surface area (Å²) >= 11 is 11.7. The maximum Gasteiger partial charge on any atom is 0.200 e. The zero-order valence-electron chi connectivity index (χ0n) is 12.6. The van der Waals surface area contributed by atoms with E-state index in [1.165, 1.54) is 0 Å². The maximum atomic E-state index is 6.26. The van der Waals surface area contributed by atoms with Crippen molar-refractivity contribution < 1.29 is 4.74 Å². The molecule has 0 saturated carbocycles. The molecule has 23 heavy (non-hydrogen) atoms. The molecule has 0 aliphatic heterocycles. The number of rotatable bonds is 5. The molecule has 118 valence electrons. The third-order valence-corrected chi connectivity index (χ3v) is 4.10. The Hall–Kier alpha value is -2.11. The second-order valence-corrected chi connectivity index (χ2v) is 5.74. The molecule has 1 aromatic heterocycles. The van der Waals surface area contributed by atoms with Gasteiger partial charge < -0.3 is 4.74 Å². The Kier molecular flexibility index (Phi) is 4.79. The van der Waals surface area contributed by atoms with Gasteiger partial charge in [0.25, 0.3) is 0 Å². The van der Waals surface area contributed by atoms with Crippen LogP contribution in [0.1, 0.15) is 18.3 Å². The largest absolute Gasteiger partial charge is 0.492 e. The Morgan fingerprint density at radius 1 is 1.17 bits per heavy atom. The highest BCUT2D eigenvalue weighted by atomic mass is 35.5. The molecule has 0 saturated heterocycles. The van der Waals surface area contributed by atoms with Crippen LogP contribution in [0.4, 0.5) is 0 Å². The maximum absolute atomic E-state index is 6.26. The van der Waals surface area contributed by atoms with E-state index in [-0.39, 0.29) is 0 Å². The number of hydrogen-bond acceptors (Lipinski definition) is 3. The van der Waals surface area contributed by atoms with Gasteiger partial charge in [0.05, 0.1) is 12.3 Å². The molecule has 0 radical (unpaired) electrons. The first kappa shape index (κ1) is 15.8. The van der Waals surface area contributed by atoms with E-state index in [2.05, 4.69) is 10.2 Å². The molecular formula is C17H16ClN3OS. The summed E-state index contributed by atoms with van der Waals surface area (Å²) in [4.78, 5) is 0. The third-order valence-electron chi connectivity index (χ3n) is 3.45. The smallest absolute Gasteiger partial charge is 0.200 e. The van der Waals surface area contributed by atoms with Crippen LogP contribution in [0.15, 0.2) is 48.5 Å². The van der Waals surface area contributed by atoms with Crippen LogP contribution < -0.4 is 4.74 Å². The molecule has 0 spiro atoms. The highest BCUT2D eigenvalue weighted by Crippen LogP contribution is 2.26. The Morgan fingerprint density at radius 2 is 1.91 bits per heavy atom. The molecule has 0 atom stereocenters. The highest BCUT2D eigenvalue weighted by molar-refractivity contribution is 7.71. The molecule has 0 fully saturated rings. The first-order valence-electron chi connectivity index (χ1n) is 7.32. The van der Waals surface area contributed by atoms with E-state index in [9.17, 15) is 0 Å². The SMILES string of the molecule is CCOc1ccccc1-n1c(Cc2ccccc2Cl)n[nH]c1=S. The predicted octanol–water partition coefficient (Wildman–Crippen LogP) is 4.57. The summed E-state index contributed by atoms with van der Waals surface area (Å²) < 4.78 is 8.13. The van der Waals surface area contributed by atoms with Crippen LogP contribution >= 0.6 is 23.8 Å². The molecule has 0 aliphatic carbocycles. The molecule has 3 rings (SSSR count). The zero-order chi connectivity index (χ0) is 16.2. The fourth-order valence-electron chi connectivity index (χ4n) is 2.43. The molecule has 3 aromatic rings. The van der Waals surface area contributed by atoms with Crippen LogP contribution in [0.3, 0.4) is 0 Å². The second-order valence-electron chi connectivity index (χ2n) is 4.95. The van der Waals surface area contributed by atoms with Gasteiger partial charge in [-0.05, 0) is 42.9 Å². The van der Waals surface area contributed by atoms with E-state index in [0.29, 0.717) is 22.8 Å². The lowest BCUT2D eigenvalue weighted by Gasteiger charge is -2.12. The number of para-hydroxylation sites is 2. The van der Waals surface area contributed by atoms with E-state index in [1.54, 1.807) is 0 Å². The van der Waals surface area contributed by atoms with Crippen LogP contribution in [0.5, 0.6) is 5.75 Å². The molecule has 1 N–H and O–H groups in total. The van der Waals surface area contributed by atoms with Gasteiger partial charge in [-0.15, -0.1) is 0 Å². The van der Waals surface area contributed by atoms with Crippen molar-refractivity contribution in [2.45, 2.75) is 13.3 Å². The molecule has 1 heterocycles. The summed E-state index contributed by atoms with van der Waals surface area (Å²) in [7, 11) is 0. The topological polar surface area (TPSA) is 42.8 Å². The second kappa shape index (κ2) is 6.98. The highest BCUT2D eigenvalue weighted by Gasteiger charge is 2.14. The standard InChI is InChI=1S/C17H16ClN3OS/c1-2-22-15-10-6-5-9-14(15)21-16(19-20-17(21)23)11-12-7-3-4-8-13(12)18/h3-10H,2,11H2,1H3,(H,20,23). The Labute approximate surface area is 144 Å². The van der Waals surface area contributed by atoms with Crippen molar-refractivity contribution in [3.05, 3.63) is 69.7 Å². The van der Waals surface area contributed by atoms with Crippen molar-refractivity contribution in [1.82, 2.24) is 14.8 Å². The van der Waals surface area contributed by atoms with Crippen molar-refractivity contribution >= 4 is 23.8 Å². The van der Waals surface area contributed by atoms with Crippen molar-refractivity contribution in [1.29, 1.82) is 0 Å². The average molecular weight is 346 g/mol. The Balaban J connectivity index is 2.07. The van der Waals surface area contributed by atoms with Crippen molar-refractivity contribution in [2.24, 2.45) is 0 Å². The predicted molar refractivity (Wildman–Crippen MR) is 94.2 cm³/mol. The lowest BCUT2D eigenvalue weighted by atomic mass is 10.1. The lowest BCUT2D eigenvalue weighted by molar-refractivity contribution is 0.339. The summed E-state index contributed by atoms with van der Waals surface area (Å²) in [5.41, 5.74) is 1.87. The number of aromatic amines is 1. The van der Waals surface area contributed by atoms with Gasteiger partial charge in [0.15, 0.2) is 4.77 Å². The van der Waals surface area contributed by atoms with Crippen LogP contribution in [-0.4, -0.2) is 21.4 Å². The zero-order valence-corrected chi connectivity index (χ0v) is 14.2. The normalized spacial score (nSPS) is 10.7. The molecule has 2 aromatic carbocycles. The summed E-state index contributed by atoms with van der Waals surface area (Å²) in [5.74, 6) is 1.56. The van der Waals surface area contributed by atoms with Gasteiger partial charge in [-0.25, -0.2) is 0 Å². The van der Waals surface area contributed by atoms with Gasteiger partial charge >= 0.3 is 0 Å². The molecule has 6 heteroatoms. The minimum atomic E-state index is 0.527. The number of H-pyrrole nitrogens is 1. The van der Waals surface area contributed by atoms with Crippen molar-refractivity contribution in [2.75, 3.05) is 6.61 Å². The molecule has 0 aliphatic rings. The number of aromatic nitrogens is 3. The third kappa shape index (κ3) is 3.30. The summed E-state index contributed by atoms with van der Waals surface area (Å²) in [6.45, 7) is 2.54. The first-order chi connectivity index (χ1) is 11.2. The number of hydrogen-bond donors (Lipinski definition) is 1. The fourth-order valence-corrected chi connectivity index (χ4v) is 2.88. The molecule has 4 nitrogen and oxygen atoms in total. The van der Waals surface area contributed by atoms with Crippen LogP contribution in [0, 0.1) is 4.77 Å². The number of nitrogens with zero attached hydrogens (tertiary/aromatic N) is 2. The number of benzene rings is 2. The minimum absolute atomic E-state index is 0.527. The van der Waals surface area contributed by atoms with E-state index in [4.69, 9.17) is 28.6 Å². The van der Waals surface area contributed by atoms with Gasteiger partial charge in [-0.1, -0.05) is 41.9 Å². The Bertz CT molecular complexity index is 872. The molecular weight excluding hydrogens is 330 g/mol. The molecule has 0 bridgehead atoms. The first-order valence-corrected chi connectivity index (χ1v) is 8.11. The summed E-state index contributed by atoms with van der Waals surface area (Å²) in [6, 6.07) is 15.5. The van der Waals surface area contributed by atoms with Crippen LogP contribution in [0.2, 0.25) is 5.02 Å². The fraction of sp³-hybridized carbons (Fsp3) is 0.176.